The molecule has 1 amide bonds. The van der Waals surface area contributed by atoms with E-state index in [-0.39, 0.29) is 17.5 Å². The number of aryl methyl sites for hydroxylation is 1. The summed E-state index contributed by atoms with van der Waals surface area (Å²) in [4.78, 5) is 40.9. The summed E-state index contributed by atoms with van der Waals surface area (Å²) in [7, 11) is 0. The Morgan fingerprint density at radius 2 is 1.81 bits per heavy atom. The lowest BCUT2D eigenvalue weighted by Crippen LogP contribution is -2.57. The Hall–Kier alpha value is -3.34. The van der Waals surface area contributed by atoms with Gasteiger partial charge in [-0.3, -0.25) is 29.9 Å². The van der Waals surface area contributed by atoms with Crippen molar-refractivity contribution in [2.24, 2.45) is 28.2 Å². The summed E-state index contributed by atoms with van der Waals surface area (Å²) in [6, 6.07) is 11.6. The maximum atomic E-state index is 14.1. The molecular formula is C36H48Cl2N8O2. The molecule has 10 nitrogen and oxygen atoms in total. The molecule has 4 fully saturated rings. The van der Waals surface area contributed by atoms with Crippen LogP contribution in [-0.4, -0.2) is 64.6 Å². The lowest BCUT2D eigenvalue weighted by Gasteiger charge is -2.61. The number of halogens is 2. The molecule has 2 heterocycles. The van der Waals surface area contributed by atoms with Crippen molar-refractivity contribution in [1.82, 2.24) is 25.3 Å². The average molecular weight is 696 g/mol. The number of nitrogens with one attached hydrogen (secondary N) is 3. The Labute approximate surface area is 293 Å². The van der Waals surface area contributed by atoms with Crippen LogP contribution in [0.5, 0.6) is 0 Å². The van der Waals surface area contributed by atoms with Crippen LogP contribution < -0.4 is 26.6 Å². The van der Waals surface area contributed by atoms with Gasteiger partial charge in [-0.2, -0.15) is 0 Å². The third kappa shape index (κ3) is 7.03. The van der Waals surface area contributed by atoms with E-state index in [4.69, 9.17) is 33.2 Å². The number of benzene rings is 2. The topological polar surface area (TPSA) is 107 Å². The second-order valence-electron chi connectivity index (χ2n) is 14.6. The van der Waals surface area contributed by atoms with E-state index in [1.54, 1.807) is 10.6 Å². The minimum atomic E-state index is -0.215. The molecule has 1 unspecified atom stereocenters. The van der Waals surface area contributed by atoms with Crippen molar-refractivity contribution in [3.63, 3.8) is 0 Å². The monoisotopic (exact) mass is 694 g/mol. The third-order valence-corrected chi connectivity index (χ3v) is 11.7. The van der Waals surface area contributed by atoms with E-state index in [0.717, 1.165) is 43.9 Å². The molecule has 2 bridgehead atoms. The number of amides is 1. The zero-order valence-electron chi connectivity index (χ0n) is 28.8. The predicted octanol–water partition coefficient (Wildman–Crippen LogP) is 5.96. The Balaban J connectivity index is 1.31. The molecule has 0 spiro atoms. The fourth-order valence-corrected chi connectivity index (χ4v) is 8.47. The van der Waals surface area contributed by atoms with Crippen LogP contribution in [0.15, 0.2) is 46.2 Å². The summed E-state index contributed by atoms with van der Waals surface area (Å²) >= 11 is 12.6. The smallest absolute Gasteiger partial charge is 0.262 e. The fourth-order valence-electron chi connectivity index (χ4n) is 7.96. The van der Waals surface area contributed by atoms with Gasteiger partial charge in [0.2, 0.25) is 17.8 Å². The van der Waals surface area contributed by atoms with Gasteiger partial charge in [-0.1, -0.05) is 50.0 Å². The van der Waals surface area contributed by atoms with E-state index >= 15 is 0 Å². The first kappa shape index (κ1) is 34.5. The van der Waals surface area contributed by atoms with Crippen LogP contribution >= 0.6 is 23.2 Å². The van der Waals surface area contributed by atoms with E-state index in [2.05, 4.69) is 60.6 Å². The lowest BCUT2D eigenvalue weighted by atomic mass is 9.45. The average Bonchev–Trinajstić information content (AvgIpc) is 3.04. The van der Waals surface area contributed by atoms with Crippen LogP contribution in [0.4, 0.5) is 11.6 Å². The molecule has 1 aliphatic heterocycles. The van der Waals surface area contributed by atoms with Crippen molar-refractivity contribution in [3.05, 3.63) is 62.4 Å². The third-order valence-electron chi connectivity index (χ3n) is 11.1. The number of hydrogen-bond donors (Lipinski definition) is 3. The zero-order chi connectivity index (χ0) is 34.3. The highest BCUT2D eigenvalue weighted by Gasteiger charge is 2.56. The normalized spacial score (nSPS) is 24.0. The second-order valence-corrected chi connectivity index (χ2v) is 15.5. The predicted molar refractivity (Wildman–Crippen MR) is 196 cm³/mol. The SMILES string of the molecule is CC(=O)NN/C(=N\[C@H]1C[C@@H]2CC([C@@H]1C)C2(C)C)Nc1ccc2c(=O)n(CCc3ccc(Cl)cc3Cl)c(N3CCN(C(C)C)CC3)nc2c1. The molecule has 7 rings (SSSR count). The summed E-state index contributed by atoms with van der Waals surface area (Å²) in [5.74, 6) is 2.63. The largest absolute Gasteiger partial charge is 0.340 e. The van der Waals surface area contributed by atoms with Gasteiger partial charge in [-0.15, -0.1) is 0 Å². The van der Waals surface area contributed by atoms with Crippen LogP contribution in [0.2, 0.25) is 10.0 Å². The highest BCUT2D eigenvalue weighted by Crippen LogP contribution is 2.61. The number of piperazine rings is 1. The van der Waals surface area contributed by atoms with Gasteiger partial charge in [0.25, 0.3) is 5.56 Å². The van der Waals surface area contributed by atoms with Crippen molar-refractivity contribution in [3.8, 4) is 0 Å². The van der Waals surface area contributed by atoms with Gasteiger partial charge in [0.05, 0.1) is 16.9 Å². The molecule has 12 heteroatoms. The Kier molecular flexibility index (Phi) is 9.98. The number of aliphatic imine (C=N–C) groups is 1. The maximum Gasteiger partial charge on any atom is 0.262 e. The van der Waals surface area contributed by atoms with Gasteiger partial charge in [0.1, 0.15) is 0 Å². The molecule has 3 saturated carbocycles. The first-order valence-corrected chi connectivity index (χ1v) is 17.9. The molecule has 3 aliphatic carbocycles. The molecule has 4 atom stereocenters. The number of nitrogens with zero attached hydrogens (tertiary/aromatic N) is 5. The number of hydrogen-bond acceptors (Lipinski definition) is 6. The minimum Gasteiger partial charge on any atom is -0.340 e. The number of rotatable bonds is 7. The molecule has 1 aromatic heterocycles. The standard InChI is InChI=1S/C36H48Cl2N8O2/c1-21(2)44-13-15-45(16-14-44)35-41-32-20-27(9-10-28(32)33(48)46(35)12-11-24-7-8-26(37)19-30(24)38)39-34(43-42-23(4)47)40-31-18-25-17-29(22(31)3)36(25,5)6/h7-10,19-22,25,29,31H,11-18H2,1-6H3,(H,42,47)(H2,39,40,43)/t22-,25-,29?,31-/m0/s1. The van der Waals surface area contributed by atoms with Crippen molar-refractivity contribution in [1.29, 1.82) is 0 Å². The summed E-state index contributed by atoms with van der Waals surface area (Å²) in [5.41, 5.74) is 8.17. The Morgan fingerprint density at radius 3 is 2.46 bits per heavy atom. The highest BCUT2D eigenvalue weighted by atomic mass is 35.5. The number of anilines is 2. The van der Waals surface area contributed by atoms with Gasteiger partial charge in [0, 0.05) is 61.4 Å². The zero-order valence-corrected chi connectivity index (χ0v) is 30.3. The van der Waals surface area contributed by atoms with Crippen LogP contribution in [0.3, 0.4) is 0 Å². The molecular weight excluding hydrogens is 647 g/mol. The lowest BCUT2D eigenvalue weighted by molar-refractivity contribution is -0.119. The fraction of sp³-hybridized carbons (Fsp3) is 0.556. The van der Waals surface area contributed by atoms with Gasteiger partial charge in [0.15, 0.2) is 0 Å². The van der Waals surface area contributed by atoms with Gasteiger partial charge in [-0.05, 0) is 92.2 Å². The number of aromatic nitrogens is 2. The Bertz CT molecular complexity index is 1760. The first-order valence-electron chi connectivity index (χ1n) is 17.2. The van der Waals surface area contributed by atoms with Gasteiger partial charge >= 0.3 is 0 Å². The number of hydrazine groups is 1. The minimum absolute atomic E-state index is 0.0962. The number of guanidine groups is 1. The number of carbonyl (C=O) groups excluding carboxylic acids is 1. The number of carbonyl (C=O) groups is 1. The van der Waals surface area contributed by atoms with Crippen LogP contribution in [0, 0.1) is 23.2 Å². The van der Waals surface area contributed by atoms with Crippen LogP contribution in [0.25, 0.3) is 10.9 Å². The summed E-state index contributed by atoms with van der Waals surface area (Å²) in [6.45, 7) is 16.7. The molecule has 3 aromatic rings. The molecule has 4 aliphatic rings. The molecule has 1 saturated heterocycles. The van der Waals surface area contributed by atoms with Gasteiger partial charge < -0.3 is 10.2 Å². The summed E-state index contributed by atoms with van der Waals surface area (Å²) in [6.07, 6.45) is 2.84. The molecule has 48 heavy (non-hydrogen) atoms. The Morgan fingerprint density at radius 1 is 1.06 bits per heavy atom. The molecule has 2 aromatic carbocycles. The van der Waals surface area contributed by atoms with Crippen molar-refractivity contribution in [2.75, 3.05) is 36.4 Å². The van der Waals surface area contributed by atoms with Gasteiger partial charge in [-0.25, -0.2) is 9.98 Å². The number of fused-ring (bicyclic) bond motifs is 3. The summed E-state index contributed by atoms with van der Waals surface area (Å²) in [5, 5.41) is 5.08. The molecule has 258 valence electrons. The second kappa shape index (κ2) is 13.9. The van der Waals surface area contributed by atoms with Crippen molar-refractivity contribution < 1.29 is 4.79 Å². The summed E-state index contributed by atoms with van der Waals surface area (Å²) < 4.78 is 1.79. The van der Waals surface area contributed by atoms with E-state index in [1.807, 2.05) is 30.3 Å². The van der Waals surface area contributed by atoms with E-state index in [0.29, 0.717) is 75.0 Å². The van der Waals surface area contributed by atoms with Crippen molar-refractivity contribution >= 4 is 57.6 Å². The molecule has 3 N–H and O–H groups in total. The maximum absolute atomic E-state index is 14.1. The first-order chi connectivity index (χ1) is 22.8. The van der Waals surface area contributed by atoms with E-state index in [9.17, 15) is 9.59 Å². The van der Waals surface area contributed by atoms with Crippen LogP contribution in [-0.2, 0) is 17.8 Å². The molecule has 0 radical (unpaired) electrons. The highest BCUT2D eigenvalue weighted by molar-refractivity contribution is 6.35. The van der Waals surface area contributed by atoms with Crippen LogP contribution in [0.1, 0.15) is 59.9 Å². The quantitative estimate of drug-likeness (QED) is 0.159. The van der Waals surface area contributed by atoms with Crippen molar-refractivity contribution in [2.45, 2.75) is 79.4 Å². The van der Waals surface area contributed by atoms with E-state index < -0.39 is 0 Å². The van der Waals surface area contributed by atoms with E-state index in [1.165, 1.54) is 13.3 Å².